The summed E-state index contributed by atoms with van der Waals surface area (Å²) in [6.07, 6.45) is 5.68. The largest absolute Gasteiger partial charge is 0.339 e. The van der Waals surface area contributed by atoms with Crippen LogP contribution in [-0.4, -0.2) is 16.2 Å². The van der Waals surface area contributed by atoms with Crippen LogP contribution in [0.2, 0.25) is 0 Å². The molecule has 1 heterocycles. The van der Waals surface area contributed by atoms with Gasteiger partial charge in [-0.2, -0.15) is 4.98 Å². The van der Waals surface area contributed by atoms with Gasteiger partial charge in [0.1, 0.15) is 0 Å². The molecular formula is C12H19N3O. The first-order chi connectivity index (χ1) is 7.74. The minimum absolute atomic E-state index is 0.314. The third-order valence-electron chi connectivity index (χ3n) is 3.96. The number of nitrogens with zero attached hydrogens (tertiary/aromatic N) is 2. The molecule has 4 unspecified atom stereocenters. The van der Waals surface area contributed by atoms with Gasteiger partial charge in [0, 0.05) is 17.9 Å². The molecule has 4 nitrogen and oxygen atoms in total. The fraction of sp³-hybridized carbons (Fsp3) is 0.833. The van der Waals surface area contributed by atoms with E-state index in [1.165, 1.54) is 12.8 Å². The third kappa shape index (κ3) is 1.86. The molecule has 4 heteroatoms. The summed E-state index contributed by atoms with van der Waals surface area (Å²) in [5.74, 6) is 3.43. The van der Waals surface area contributed by atoms with Crippen LogP contribution in [0, 0.1) is 5.92 Å². The zero-order chi connectivity index (χ0) is 11.1. The Bertz CT molecular complexity index is 376. The molecule has 1 aromatic heterocycles. The lowest BCUT2D eigenvalue weighted by atomic mass is 9.86. The molecule has 1 aromatic rings. The zero-order valence-corrected chi connectivity index (χ0v) is 9.72. The van der Waals surface area contributed by atoms with Gasteiger partial charge in [-0.15, -0.1) is 0 Å². The maximum absolute atomic E-state index is 5.97. The summed E-state index contributed by atoms with van der Waals surface area (Å²) in [7, 11) is 0. The van der Waals surface area contributed by atoms with Crippen molar-refractivity contribution in [2.45, 2.75) is 56.9 Å². The molecular weight excluding hydrogens is 202 g/mol. The molecule has 0 bridgehead atoms. The maximum atomic E-state index is 5.97. The first-order valence-corrected chi connectivity index (χ1v) is 6.33. The van der Waals surface area contributed by atoms with E-state index in [2.05, 4.69) is 17.1 Å². The lowest BCUT2D eigenvalue weighted by Crippen LogP contribution is -2.26. The second kappa shape index (κ2) is 3.84. The molecule has 3 rings (SSSR count). The van der Waals surface area contributed by atoms with E-state index in [0.29, 0.717) is 17.9 Å². The number of aromatic nitrogens is 2. The van der Waals surface area contributed by atoms with Crippen LogP contribution < -0.4 is 5.73 Å². The molecule has 2 fully saturated rings. The van der Waals surface area contributed by atoms with Crippen LogP contribution in [0.4, 0.5) is 0 Å². The van der Waals surface area contributed by atoms with Crippen molar-refractivity contribution in [1.29, 1.82) is 0 Å². The summed E-state index contributed by atoms with van der Waals surface area (Å²) < 4.78 is 5.39. The molecule has 0 amide bonds. The van der Waals surface area contributed by atoms with Crippen molar-refractivity contribution in [3.63, 3.8) is 0 Å². The van der Waals surface area contributed by atoms with Gasteiger partial charge in [-0.25, -0.2) is 0 Å². The predicted molar refractivity (Wildman–Crippen MR) is 60.0 cm³/mol. The molecule has 2 saturated carbocycles. The van der Waals surface area contributed by atoms with Gasteiger partial charge in [-0.05, 0) is 31.6 Å². The van der Waals surface area contributed by atoms with Gasteiger partial charge in [0.15, 0.2) is 5.82 Å². The van der Waals surface area contributed by atoms with Crippen LogP contribution >= 0.6 is 0 Å². The normalized spacial score (nSPS) is 38.6. The highest BCUT2D eigenvalue weighted by Crippen LogP contribution is 2.46. The fourth-order valence-electron chi connectivity index (χ4n) is 2.70. The van der Waals surface area contributed by atoms with E-state index in [9.17, 15) is 0 Å². The van der Waals surface area contributed by atoms with Gasteiger partial charge in [0.25, 0.3) is 0 Å². The van der Waals surface area contributed by atoms with Crippen LogP contribution in [0.1, 0.15) is 62.6 Å². The van der Waals surface area contributed by atoms with Crippen LogP contribution in [0.25, 0.3) is 0 Å². The van der Waals surface area contributed by atoms with Gasteiger partial charge >= 0.3 is 0 Å². The lowest BCUT2D eigenvalue weighted by Gasteiger charge is -2.23. The number of hydrogen-bond acceptors (Lipinski definition) is 4. The maximum Gasteiger partial charge on any atom is 0.229 e. The smallest absolute Gasteiger partial charge is 0.229 e. The van der Waals surface area contributed by atoms with Crippen molar-refractivity contribution in [1.82, 2.24) is 10.1 Å². The third-order valence-corrected chi connectivity index (χ3v) is 3.96. The quantitative estimate of drug-likeness (QED) is 0.831. The van der Waals surface area contributed by atoms with Crippen molar-refractivity contribution >= 4 is 0 Å². The van der Waals surface area contributed by atoms with E-state index >= 15 is 0 Å². The van der Waals surface area contributed by atoms with Crippen LogP contribution in [-0.2, 0) is 0 Å². The van der Waals surface area contributed by atoms with E-state index < -0.39 is 0 Å². The molecule has 0 aromatic carbocycles. The molecule has 4 atom stereocenters. The first kappa shape index (κ1) is 10.3. The number of nitrogens with two attached hydrogens (primary N) is 1. The lowest BCUT2D eigenvalue weighted by molar-refractivity contribution is 0.297. The molecule has 2 aliphatic carbocycles. The molecule has 0 spiro atoms. The first-order valence-electron chi connectivity index (χ1n) is 6.33. The SMILES string of the molecule is CC1CC1c1noc(C2CCCC(N)C2)n1. The van der Waals surface area contributed by atoms with Crippen molar-refractivity contribution in [2.24, 2.45) is 11.7 Å². The molecule has 0 radical (unpaired) electrons. The van der Waals surface area contributed by atoms with Crippen molar-refractivity contribution < 1.29 is 4.52 Å². The highest BCUT2D eigenvalue weighted by molar-refractivity contribution is 5.09. The van der Waals surface area contributed by atoms with Gasteiger partial charge in [0.2, 0.25) is 5.89 Å². The van der Waals surface area contributed by atoms with Crippen molar-refractivity contribution in [2.75, 3.05) is 0 Å². The Morgan fingerprint density at radius 2 is 2.12 bits per heavy atom. The average Bonchev–Trinajstić information content (AvgIpc) is 2.81. The molecule has 88 valence electrons. The topological polar surface area (TPSA) is 64.9 Å². The van der Waals surface area contributed by atoms with Crippen molar-refractivity contribution in [3.05, 3.63) is 11.7 Å². The minimum atomic E-state index is 0.314. The number of hydrogen-bond donors (Lipinski definition) is 1. The van der Waals surface area contributed by atoms with Gasteiger partial charge in [-0.1, -0.05) is 18.5 Å². The molecule has 2 N–H and O–H groups in total. The van der Waals surface area contributed by atoms with Gasteiger partial charge < -0.3 is 10.3 Å². The molecule has 0 aliphatic heterocycles. The van der Waals surface area contributed by atoms with Crippen molar-refractivity contribution in [3.8, 4) is 0 Å². The Morgan fingerprint density at radius 1 is 1.31 bits per heavy atom. The summed E-state index contributed by atoms with van der Waals surface area (Å²) in [6.45, 7) is 2.23. The molecule has 2 aliphatic rings. The van der Waals surface area contributed by atoms with Crippen LogP contribution in [0.5, 0.6) is 0 Å². The zero-order valence-electron chi connectivity index (χ0n) is 9.72. The van der Waals surface area contributed by atoms with E-state index in [1.807, 2.05) is 0 Å². The Labute approximate surface area is 95.6 Å². The summed E-state index contributed by atoms with van der Waals surface area (Å²) in [4.78, 5) is 4.55. The van der Waals surface area contributed by atoms with Crippen LogP contribution in [0.15, 0.2) is 4.52 Å². The highest BCUT2D eigenvalue weighted by atomic mass is 16.5. The number of rotatable bonds is 2. The summed E-state index contributed by atoms with van der Waals surface area (Å²) >= 11 is 0. The van der Waals surface area contributed by atoms with Gasteiger partial charge in [-0.3, -0.25) is 0 Å². The predicted octanol–water partition coefficient (Wildman–Crippen LogP) is 2.18. The van der Waals surface area contributed by atoms with E-state index in [-0.39, 0.29) is 0 Å². The molecule has 16 heavy (non-hydrogen) atoms. The summed E-state index contributed by atoms with van der Waals surface area (Å²) in [5, 5.41) is 4.10. The average molecular weight is 221 g/mol. The monoisotopic (exact) mass is 221 g/mol. The van der Waals surface area contributed by atoms with Crippen LogP contribution in [0.3, 0.4) is 0 Å². The van der Waals surface area contributed by atoms with Gasteiger partial charge in [0.05, 0.1) is 0 Å². The van der Waals surface area contributed by atoms with E-state index in [4.69, 9.17) is 10.3 Å². The Hall–Kier alpha value is -0.900. The minimum Gasteiger partial charge on any atom is -0.339 e. The summed E-state index contributed by atoms with van der Waals surface area (Å²) in [6, 6.07) is 0.314. The Balaban J connectivity index is 1.71. The standard InChI is InChI=1S/C12H19N3O/c1-7-5-10(7)11-14-12(16-15-11)8-3-2-4-9(13)6-8/h7-10H,2-6,13H2,1H3. The van der Waals surface area contributed by atoms with E-state index in [1.54, 1.807) is 0 Å². The highest BCUT2D eigenvalue weighted by Gasteiger charge is 2.38. The summed E-state index contributed by atoms with van der Waals surface area (Å²) in [5.41, 5.74) is 5.97. The second-order valence-corrected chi connectivity index (χ2v) is 5.43. The van der Waals surface area contributed by atoms with E-state index in [0.717, 1.165) is 36.9 Å². The Morgan fingerprint density at radius 3 is 2.81 bits per heavy atom. The Kier molecular flexibility index (Phi) is 2.46. The molecule has 0 saturated heterocycles. The fourth-order valence-corrected chi connectivity index (χ4v) is 2.70. The second-order valence-electron chi connectivity index (χ2n) is 5.43.